The second kappa shape index (κ2) is 32.2. The Kier molecular flexibility index (Phi) is 30.9. The maximum Gasteiger partial charge on any atom is 3.00 e. The van der Waals surface area contributed by atoms with E-state index in [4.69, 9.17) is 22.1 Å². The molecule has 17 heteroatoms. The quantitative estimate of drug-likeness (QED) is 0.0886. The molecule has 0 saturated heterocycles. The van der Waals surface area contributed by atoms with E-state index in [2.05, 4.69) is 19.9 Å². The third-order valence-corrected chi connectivity index (χ3v) is 5.20. The Bertz CT molecular complexity index is 1590. The Morgan fingerprint density at radius 3 is 0.745 bits per heavy atom. The van der Waals surface area contributed by atoms with Gasteiger partial charge in [0.1, 0.15) is 0 Å². The first-order valence-corrected chi connectivity index (χ1v) is 13.5. The number of aromatic carboxylic acids is 2. The molecule has 0 bridgehead atoms. The van der Waals surface area contributed by atoms with Crippen LogP contribution in [-0.2, 0) is 39.6 Å². The molecular weight excluding hydrogens is 738 g/mol. The Balaban J connectivity index is -0.000000566. The van der Waals surface area contributed by atoms with Gasteiger partial charge in [0.25, 0.3) is 0 Å². The van der Waals surface area contributed by atoms with Crippen LogP contribution in [0.2, 0.25) is 0 Å². The van der Waals surface area contributed by atoms with Gasteiger partial charge in [0.15, 0.2) is 0 Å². The zero-order chi connectivity index (χ0) is 35.2. The van der Waals surface area contributed by atoms with E-state index in [-0.39, 0.29) is 50.7 Å². The van der Waals surface area contributed by atoms with Crippen LogP contribution >= 0.6 is 0 Å². The van der Waals surface area contributed by atoms with E-state index in [1.165, 1.54) is 34.1 Å². The predicted molar refractivity (Wildman–Crippen MR) is 177 cm³/mol. The number of carbonyl (C=O) groups is 2. The minimum Gasteiger partial charge on any atom is -2.00 e. The predicted octanol–water partition coefficient (Wildman–Crippen LogP) is 6.00. The van der Waals surface area contributed by atoms with Crippen LogP contribution in [0.25, 0.3) is 54.7 Å². The van der Waals surface area contributed by atoms with Gasteiger partial charge in [0.05, 0.1) is 34.7 Å². The first kappa shape index (κ1) is 49.0. The Hall–Kier alpha value is -6.40. The number of carboxylic acids is 2. The molecule has 4 aromatic heterocycles. The molecule has 0 saturated carbocycles. The van der Waals surface area contributed by atoms with E-state index in [9.17, 15) is 19.8 Å². The molecule has 0 unspecified atom stereocenters. The zero-order valence-corrected chi connectivity index (χ0v) is 28.6. The zero-order valence-electron chi connectivity index (χ0n) is 26.3. The topological polar surface area (TPSA) is 278 Å². The van der Waals surface area contributed by atoms with Crippen molar-refractivity contribution in [3.8, 4) is 22.8 Å². The molecule has 0 amide bonds. The third kappa shape index (κ3) is 22.7. The van der Waals surface area contributed by atoms with Crippen molar-refractivity contribution in [2.75, 3.05) is 0 Å². The Morgan fingerprint density at radius 2 is 0.608 bits per heavy atom. The minimum atomic E-state index is -1.13. The molecule has 4 heterocycles. The molecule has 2 aromatic carbocycles. The minimum absolute atomic E-state index is 0. The van der Waals surface area contributed by atoms with E-state index >= 15 is 0 Å². The Morgan fingerprint density at radius 1 is 0.412 bits per heavy atom. The van der Waals surface area contributed by atoms with Crippen LogP contribution in [0.5, 0.6) is 0 Å². The first-order valence-electron chi connectivity index (χ1n) is 13.5. The fourth-order valence-corrected chi connectivity index (χ4v) is 3.21. The molecule has 6 rings (SSSR count). The van der Waals surface area contributed by atoms with E-state index in [1.54, 1.807) is 61.2 Å². The molecule has 0 spiro atoms. The van der Waals surface area contributed by atoms with Gasteiger partial charge < -0.3 is 47.4 Å². The summed E-state index contributed by atoms with van der Waals surface area (Å²) in [4.78, 5) is 39.9. The third-order valence-electron chi connectivity index (χ3n) is 5.20. The molecule has 51 heavy (non-hydrogen) atoms. The smallest absolute Gasteiger partial charge is 2.00 e. The molecule has 0 atom stereocenters. The summed E-state index contributed by atoms with van der Waals surface area (Å²) in [5, 5.41) is 20.2. The number of carboxylic acid groups (broad SMARTS) is 2. The number of benzene rings is 2. The van der Waals surface area contributed by atoms with Crippen LogP contribution in [0.3, 0.4) is 0 Å². The van der Waals surface area contributed by atoms with Crippen LogP contribution in [0.4, 0.5) is 0 Å². The summed E-state index contributed by atoms with van der Waals surface area (Å²) in [6.07, 6.45) is 7.07. The molecule has 0 aliphatic heterocycles. The van der Waals surface area contributed by atoms with Crippen molar-refractivity contribution in [3.05, 3.63) is 201 Å². The molecule has 0 aliphatic carbocycles. The largest absolute Gasteiger partial charge is 3.00 e. The van der Waals surface area contributed by atoms with Crippen LogP contribution < -0.4 is 10.2 Å². The summed E-state index contributed by atoms with van der Waals surface area (Å²) >= 11 is 0. The van der Waals surface area contributed by atoms with Gasteiger partial charge in [0, 0.05) is 24.8 Å². The fraction of sp³-hybridized carbons (Fsp3) is 0. The maximum absolute atomic E-state index is 10.1. The van der Waals surface area contributed by atoms with Crippen molar-refractivity contribution < 1.29 is 59.4 Å². The van der Waals surface area contributed by atoms with Crippen molar-refractivity contribution in [3.63, 3.8) is 0 Å². The van der Waals surface area contributed by atoms with E-state index in [1.807, 2.05) is 72.8 Å². The second-order valence-electron chi connectivity index (χ2n) is 8.35. The van der Waals surface area contributed by atoms with Crippen molar-refractivity contribution in [1.82, 2.24) is 19.9 Å². The van der Waals surface area contributed by atoms with Crippen LogP contribution in [-0.4, -0.2) is 31.9 Å². The number of nitrogens with zero attached hydrogens (tertiary/aromatic N) is 10. The summed E-state index contributed by atoms with van der Waals surface area (Å²) < 4.78 is 0. The fourth-order valence-electron chi connectivity index (χ4n) is 3.21. The maximum atomic E-state index is 10.1. The normalized spacial score (nSPS) is 8.00. The standard InChI is InChI=1S/2C10H8N2.2C7H6O2.2Mn.2N3.O/c2*1-3-7-11-9(5-1)10-6-2-4-8-12-10;2*8-7(9)6-4-2-1-3-5-6;;;2*1-3-2;/h2*1-8H;2*1-5H,(H,8,9);;;;;/q;;;;2*+3;2*-1;-2/p-2. The monoisotopic (exact) mass is 764 g/mol. The van der Waals surface area contributed by atoms with Crippen LogP contribution in [0.15, 0.2) is 158 Å². The van der Waals surface area contributed by atoms with Gasteiger partial charge in [-0.05, 0) is 59.7 Å². The van der Waals surface area contributed by atoms with Crippen molar-refractivity contribution >= 4 is 11.9 Å². The molecule has 0 aliphatic rings. The number of aromatic nitrogens is 4. The second-order valence-corrected chi connectivity index (χ2v) is 8.35. The number of pyridine rings is 4. The average molecular weight is 765 g/mol. The van der Waals surface area contributed by atoms with Crippen molar-refractivity contribution in [1.29, 1.82) is 0 Å². The van der Waals surface area contributed by atoms with Gasteiger partial charge in [-0.1, -0.05) is 84.9 Å². The summed E-state index contributed by atoms with van der Waals surface area (Å²) in [6, 6.07) is 39.3. The molecule has 0 radical (unpaired) electrons. The van der Waals surface area contributed by atoms with Gasteiger partial charge in [-0.2, -0.15) is 0 Å². The van der Waals surface area contributed by atoms with Gasteiger partial charge in [-0.25, -0.2) is 0 Å². The molecule has 15 nitrogen and oxygen atoms in total. The van der Waals surface area contributed by atoms with Crippen LogP contribution in [0.1, 0.15) is 20.7 Å². The number of carbonyl (C=O) groups excluding carboxylic acids is 2. The van der Waals surface area contributed by atoms with Gasteiger partial charge in [0.2, 0.25) is 0 Å². The molecule has 6 aromatic rings. The molecular formula is C34H26Mn2N10O5. The van der Waals surface area contributed by atoms with Gasteiger partial charge >= 0.3 is 34.1 Å². The summed E-state index contributed by atoms with van der Waals surface area (Å²) in [5.74, 6) is -2.26. The SMILES string of the molecule is O=C([O-])c1ccccc1.O=C([O-])c1ccccc1.[Mn+3].[Mn+3].[N-]=[N+]=[N-].[N-]=[N+]=[N-].[O-2].c1ccc(-c2ccccn2)nc1.c1ccc(-c2ccccn2)nc1. The molecule has 256 valence electrons. The number of rotatable bonds is 4. The van der Waals surface area contributed by atoms with Crippen LogP contribution in [0, 0.1) is 0 Å². The average Bonchev–Trinajstić information content (AvgIpc) is 3.15. The van der Waals surface area contributed by atoms with Crippen molar-refractivity contribution in [2.45, 2.75) is 0 Å². The van der Waals surface area contributed by atoms with Gasteiger partial charge in [-0.3, -0.25) is 29.8 Å². The summed E-state index contributed by atoms with van der Waals surface area (Å²) in [6.45, 7) is 0. The number of hydrogen-bond acceptors (Lipinski definition) is 8. The van der Waals surface area contributed by atoms with Crippen molar-refractivity contribution in [2.24, 2.45) is 0 Å². The summed E-state index contributed by atoms with van der Waals surface area (Å²) in [5.41, 5.74) is 31.1. The molecule has 0 fully saturated rings. The van der Waals surface area contributed by atoms with E-state index in [0.717, 1.165) is 22.8 Å². The van der Waals surface area contributed by atoms with E-state index in [0.29, 0.717) is 0 Å². The first-order chi connectivity index (χ1) is 23.4. The van der Waals surface area contributed by atoms with E-state index < -0.39 is 11.9 Å². The summed E-state index contributed by atoms with van der Waals surface area (Å²) in [7, 11) is 0. The Labute approximate surface area is 314 Å². The molecule has 0 N–H and O–H groups in total. The van der Waals surface area contributed by atoms with Gasteiger partial charge in [-0.15, -0.1) is 0 Å². The number of hydrogen-bond donors (Lipinski definition) is 0.